The van der Waals surface area contributed by atoms with Crippen LogP contribution in [0.25, 0.3) is 5.65 Å². The van der Waals surface area contributed by atoms with Gasteiger partial charge in [0.15, 0.2) is 0 Å². The van der Waals surface area contributed by atoms with Crippen molar-refractivity contribution in [1.82, 2.24) is 24.8 Å². The Morgan fingerprint density at radius 1 is 1.12 bits per heavy atom. The molecule has 2 N–H and O–H groups in total. The van der Waals surface area contributed by atoms with Gasteiger partial charge in [-0.25, -0.2) is 9.31 Å². The molecular weight excluding hydrogens is 306 g/mol. The first-order valence-electron chi connectivity index (χ1n) is 7.89. The molecule has 0 aliphatic rings. The Morgan fingerprint density at radius 2 is 1.92 bits per heavy atom. The Bertz CT molecular complexity index is 791. The molecule has 7 heteroatoms. The number of imidazole rings is 1. The molecule has 0 saturated carbocycles. The second kappa shape index (κ2) is 7.54. The fourth-order valence-electron chi connectivity index (χ4n) is 2.52. The van der Waals surface area contributed by atoms with Crippen LogP contribution in [0.2, 0.25) is 0 Å². The quantitative estimate of drug-likeness (QED) is 0.693. The van der Waals surface area contributed by atoms with Crippen LogP contribution in [0.4, 0.5) is 4.79 Å². The first-order valence-corrected chi connectivity index (χ1v) is 7.89. The minimum absolute atomic E-state index is 0.153. The monoisotopic (exact) mass is 327 g/mol. The third kappa shape index (κ3) is 3.87. The van der Waals surface area contributed by atoms with Crippen LogP contribution in [0.15, 0.2) is 48.9 Å². The topological polar surface area (TPSA) is 72.6 Å². The molecule has 2 aromatic heterocycles. The lowest BCUT2D eigenvalue weighted by Gasteiger charge is -2.09. The molecule has 0 unspecified atom stereocenters. The standard InChI is InChI=1S/C17H21N5O2/c1-24-15-4-2-14(3-5-15)6-8-18-17(23)19-10-11-21-12-13-22-16(21)7-9-20-22/h2-5,7,9,12-13H,6,8,10-11H2,1H3,(H2,18,19,23). The number of rotatable bonds is 7. The number of amides is 2. The molecule has 7 nitrogen and oxygen atoms in total. The Hall–Kier alpha value is -2.96. The van der Waals surface area contributed by atoms with E-state index < -0.39 is 0 Å². The first kappa shape index (κ1) is 15.9. The van der Waals surface area contributed by atoms with Gasteiger partial charge >= 0.3 is 6.03 Å². The van der Waals surface area contributed by atoms with E-state index in [0.29, 0.717) is 19.6 Å². The number of ether oxygens (including phenoxy) is 1. The van der Waals surface area contributed by atoms with Gasteiger partial charge in [-0.2, -0.15) is 5.10 Å². The van der Waals surface area contributed by atoms with Gasteiger partial charge in [0.1, 0.15) is 11.4 Å². The van der Waals surface area contributed by atoms with Gasteiger partial charge in [-0.1, -0.05) is 12.1 Å². The number of methoxy groups -OCH3 is 1. The molecule has 2 amide bonds. The van der Waals surface area contributed by atoms with Crippen LogP contribution in [0.1, 0.15) is 5.56 Å². The van der Waals surface area contributed by atoms with Crippen molar-refractivity contribution in [3.8, 4) is 5.75 Å². The fourth-order valence-corrected chi connectivity index (χ4v) is 2.52. The SMILES string of the molecule is COc1ccc(CCNC(=O)NCCn2ccn3nccc23)cc1. The number of urea groups is 1. The van der Waals surface area contributed by atoms with Gasteiger partial charge in [-0.3, -0.25) is 0 Å². The number of hydrogen-bond acceptors (Lipinski definition) is 3. The summed E-state index contributed by atoms with van der Waals surface area (Å²) >= 11 is 0. The predicted octanol–water partition coefficient (Wildman–Crippen LogP) is 1.69. The van der Waals surface area contributed by atoms with E-state index in [4.69, 9.17) is 4.74 Å². The van der Waals surface area contributed by atoms with Gasteiger partial charge in [0, 0.05) is 38.1 Å². The average molecular weight is 327 g/mol. The molecule has 3 rings (SSSR count). The van der Waals surface area contributed by atoms with Crippen molar-refractivity contribution in [3.63, 3.8) is 0 Å². The molecular formula is C17H21N5O2. The van der Waals surface area contributed by atoms with E-state index in [9.17, 15) is 4.79 Å². The Morgan fingerprint density at radius 3 is 2.71 bits per heavy atom. The zero-order valence-corrected chi connectivity index (χ0v) is 13.6. The molecule has 0 radical (unpaired) electrons. The number of nitrogens with zero attached hydrogens (tertiary/aromatic N) is 3. The summed E-state index contributed by atoms with van der Waals surface area (Å²) in [5.74, 6) is 0.835. The summed E-state index contributed by atoms with van der Waals surface area (Å²) in [6.07, 6.45) is 6.38. The first-order chi connectivity index (χ1) is 11.8. The van der Waals surface area contributed by atoms with E-state index in [1.807, 2.05) is 47.3 Å². The zero-order chi connectivity index (χ0) is 16.8. The molecule has 0 atom stereocenters. The van der Waals surface area contributed by atoms with Crippen molar-refractivity contribution in [2.24, 2.45) is 0 Å². The summed E-state index contributed by atoms with van der Waals surface area (Å²) in [5, 5.41) is 9.88. The molecule has 126 valence electrons. The van der Waals surface area contributed by atoms with Gasteiger partial charge in [0.05, 0.1) is 13.3 Å². The maximum Gasteiger partial charge on any atom is 0.314 e. The van der Waals surface area contributed by atoms with Gasteiger partial charge in [0.25, 0.3) is 0 Å². The molecule has 1 aromatic carbocycles. The number of benzene rings is 1. The summed E-state index contributed by atoms with van der Waals surface area (Å²) in [6, 6.07) is 9.63. The number of carbonyl (C=O) groups excluding carboxylic acids is 1. The Kier molecular flexibility index (Phi) is 5.00. The zero-order valence-electron chi connectivity index (χ0n) is 13.6. The average Bonchev–Trinajstić information content (AvgIpc) is 3.20. The number of carbonyl (C=O) groups is 1. The highest BCUT2D eigenvalue weighted by atomic mass is 16.5. The predicted molar refractivity (Wildman–Crippen MR) is 91.3 cm³/mol. The van der Waals surface area contributed by atoms with Gasteiger partial charge in [-0.15, -0.1) is 0 Å². The van der Waals surface area contributed by atoms with Crippen LogP contribution < -0.4 is 15.4 Å². The van der Waals surface area contributed by atoms with Crippen LogP contribution in [0.5, 0.6) is 5.75 Å². The molecule has 0 bridgehead atoms. The summed E-state index contributed by atoms with van der Waals surface area (Å²) in [4.78, 5) is 11.8. The largest absolute Gasteiger partial charge is 0.497 e. The van der Waals surface area contributed by atoms with E-state index in [1.54, 1.807) is 17.8 Å². The summed E-state index contributed by atoms with van der Waals surface area (Å²) < 4.78 is 8.97. The third-order valence-corrected chi connectivity index (χ3v) is 3.83. The second-order valence-electron chi connectivity index (χ2n) is 5.41. The lowest BCUT2D eigenvalue weighted by molar-refractivity contribution is 0.240. The maximum absolute atomic E-state index is 11.8. The Labute approximate surface area is 140 Å². The van der Waals surface area contributed by atoms with E-state index in [-0.39, 0.29) is 6.03 Å². The van der Waals surface area contributed by atoms with Crippen molar-refractivity contribution < 1.29 is 9.53 Å². The lowest BCUT2D eigenvalue weighted by Crippen LogP contribution is -2.38. The fraction of sp³-hybridized carbons (Fsp3) is 0.294. The lowest BCUT2D eigenvalue weighted by atomic mass is 10.1. The molecule has 0 fully saturated rings. The van der Waals surface area contributed by atoms with Crippen LogP contribution in [0.3, 0.4) is 0 Å². The molecule has 0 aliphatic heterocycles. The van der Waals surface area contributed by atoms with E-state index in [2.05, 4.69) is 15.7 Å². The molecule has 3 aromatic rings. The molecule has 2 heterocycles. The highest BCUT2D eigenvalue weighted by Crippen LogP contribution is 2.11. The van der Waals surface area contributed by atoms with Crippen molar-refractivity contribution in [3.05, 3.63) is 54.5 Å². The molecule has 0 spiro atoms. The smallest absolute Gasteiger partial charge is 0.314 e. The summed E-state index contributed by atoms with van der Waals surface area (Å²) in [7, 11) is 1.65. The number of fused-ring (bicyclic) bond motifs is 1. The van der Waals surface area contributed by atoms with Crippen LogP contribution in [0, 0.1) is 0 Å². The van der Waals surface area contributed by atoms with Gasteiger partial charge < -0.3 is 19.9 Å². The maximum atomic E-state index is 11.8. The highest BCUT2D eigenvalue weighted by Gasteiger charge is 2.03. The minimum Gasteiger partial charge on any atom is -0.497 e. The van der Waals surface area contributed by atoms with Crippen molar-refractivity contribution >= 4 is 11.7 Å². The third-order valence-electron chi connectivity index (χ3n) is 3.83. The van der Waals surface area contributed by atoms with Crippen LogP contribution in [-0.2, 0) is 13.0 Å². The van der Waals surface area contributed by atoms with Crippen LogP contribution >= 0.6 is 0 Å². The van der Waals surface area contributed by atoms with Gasteiger partial charge in [0.2, 0.25) is 0 Å². The van der Waals surface area contributed by atoms with Gasteiger partial charge in [-0.05, 0) is 24.1 Å². The second-order valence-corrected chi connectivity index (χ2v) is 5.41. The minimum atomic E-state index is -0.153. The van der Waals surface area contributed by atoms with E-state index in [1.165, 1.54) is 0 Å². The molecule has 24 heavy (non-hydrogen) atoms. The number of aromatic nitrogens is 3. The number of nitrogens with one attached hydrogen (secondary N) is 2. The normalized spacial score (nSPS) is 10.7. The van der Waals surface area contributed by atoms with Crippen LogP contribution in [-0.4, -0.2) is 40.4 Å². The van der Waals surface area contributed by atoms with E-state index in [0.717, 1.165) is 23.4 Å². The molecule has 0 aliphatic carbocycles. The summed E-state index contributed by atoms with van der Waals surface area (Å²) in [6.45, 7) is 1.85. The highest BCUT2D eigenvalue weighted by molar-refractivity contribution is 5.73. The Balaban J connectivity index is 1.36. The molecule has 0 saturated heterocycles. The van der Waals surface area contributed by atoms with Crippen molar-refractivity contribution in [1.29, 1.82) is 0 Å². The van der Waals surface area contributed by atoms with Crippen molar-refractivity contribution in [2.75, 3.05) is 20.2 Å². The summed E-state index contributed by atoms with van der Waals surface area (Å²) in [5.41, 5.74) is 2.17. The number of hydrogen-bond donors (Lipinski definition) is 2. The van der Waals surface area contributed by atoms with Crippen molar-refractivity contribution in [2.45, 2.75) is 13.0 Å². The van der Waals surface area contributed by atoms with E-state index >= 15 is 0 Å².